The molecule has 184 valence electrons. The fourth-order valence-electron chi connectivity index (χ4n) is 2.53. The Morgan fingerprint density at radius 3 is 1.81 bits per heavy atom. The van der Waals surface area contributed by atoms with Crippen LogP contribution in [-0.4, -0.2) is 87.3 Å². The highest BCUT2D eigenvalue weighted by atomic mass is 32.2. The molecule has 3 amide bonds. The number of aliphatic hydroxyl groups excluding tert-OH is 1. The van der Waals surface area contributed by atoms with Gasteiger partial charge in [-0.3, -0.25) is 19.2 Å². The number of aliphatic hydroxyl groups is 1. The Balaban J connectivity index is 5.52. The van der Waals surface area contributed by atoms with Crippen molar-refractivity contribution in [3.63, 3.8) is 0 Å². The van der Waals surface area contributed by atoms with Crippen LogP contribution in [0.4, 0.5) is 0 Å². The first kappa shape index (κ1) is 29.6. The number of nitrogens with two attached hydrogens (primary N) is 1. The predicted octanol–water partition coefficient (Wildman–Crippen LogP) is -1.49. The topological polar surface area (TPSA) is 208 Å². The zero-order chi connectivity index (χ0) is 25.0. The molecule has 0 aliphatic heterocycles. The van der Waals surface area contributed by atoms with Crippen LogP contribution >= 0.6 is 11.8 Å². The van der Waals surface area contributed by atoms with Crippen molar-refractivity contribution < 1.29 is 39.3 Å². The number of carboxylic acid groups (broad SMARTS) is 2. The molecule has 0 heterocycles. The molecule has 13 heteroatoms. The molecule has 0 spiro atoms. The predicted molar refractivity (Wildman–Crippen MR) is 118 cm³/mol. The lowest BCUT2D eigenvalue weighted by molar-refractivity contribution is -0.145. The molecule has 0 saturated carbocycles. The molecule has 0 bridgehead atoms. The fourth-order valence-corrected chi connectivity index (χ4v) is 3.00. The number of rotatable bonds is 15. The molecule has 0 saturated heterocycles. The number of thioether (sulfide) groups is 1. The quantitative estimate of drug-likeness (QED) is 0.145. The zero-order valence-corrected chi connectivity index (χ0v) is 19.5. The number of carboxylic acids is 2. The first-order valence-electron chi connectivity index (χ1n) is 10.1. The maximum Gasteiger partial charge on any atom is 0.328 e. The highest BCUT2D eigenvalue weighted by Gasteiger charge is 2.32. The van der Waals surface area contributed by atoms with Crippen molar-refractivity contribution in [3.8, 4) is 0 Å². The first-order valence-corrected chi connectivity index (χ1v) is 11.5. The van der Waals surface area contributed by atoms with Crippen molar-refractivity contribution in [1.82, 2.24) is 16.0 Å². The minimum atomic E-state index is -1.58. The van der Waals surface area contributed by atoms with Crippen LogP contribution in [0.25, 0.3) is 0 Å². The summed E-state index contributed by atoms with van der Waals surface area (Å²) in [6.45, 7) is 4.62. The van der Waals surface area contributed by atoms with Gasteiger partial charge in [-0.1, -0.05) is 13.8 Å². The van der Waals surface area contributed by atoms with E-state index in [0.29, 0.717) is 5.75 Å². The minimum Gasteiger partial charge on any atom is -0.481 e. The molecule has 0 radical (unpaired) electrons. The van der Waals surface area contributed by atoms with Gasteiger partial charge in [-0.2, -0.15) is 11.8 Å². The second kappa shape index (κ2) is 14.6. The molecule has 0 rings (SSSR count). The number of carbonyl (C=O) groups is 5. The number of aliphatic carboxylic acids is 2. The monoisotopic (exact) mass is 478 g/mol. The van der Waals surface area contributed by atoms with Crippen LogP contribution in [0.5, 0.6) is 0 Å². The SMILES string of the molecule is CSCCC(NC(=O)C(CCC(=O)O)NC(=O)C(N)C(C)C)C(=O)NC(C(=O)O)C(C)O. The second-order valence-corrected chi connectivity index (χ2v) is 8.66. The first-order chi connectivity index (χ1) is 14.8. The summed E-state index contributed by atoms with van der Waals surface area (Å²) in [6, 6.07) is -4.94. The molecule has 32 heavy (non-hydrogen) atoms. The van der Waals surface area contributed by atoms with Crippen molar-refractivity contribution in [2.24, 2.45) is 11.7 Å². The van der Waals surface area contributed by atoms with Gasteiger partial charge in [0.05, 0.1) is 12.1 Å². The number of amides is 3. The van der Waals surface area contributed by atoms with Crippen LogP contribution in [0.15, 0.2) is 0 Å². The fraction of sp³-hybridized carbons (Fsp3) is 0.737. The minimum absolute atomic E-state index is 0.135. The van der Waals surface area contributed by atoms with E-state index in [4.69, 9.17) is 15.9 Å². The molecule has 0 aliphatic carbocycles. The lowest BCUT2D eigenvalue weighted by atomic mass is 10.0. The molecule has 5 unspecified atom stereocenters. The van der Waals surface area contributed by atoms with Crippen molar-refractivity contribution in [2.45, 2.75) is 70.3 Å². The van der Waals surface area contributed by atoms with Crippen LogP contribution in [0.1, 0.15) is 40.0 Å². The average molecular weight is 479 g/mol. The summed E-state index contributed by atoms with van der Waals surface area (Å²) in [5, 5.41) is 34.7. The second-order valence-electron chi connectivity index (χ2n) is 7.67. The Bertz CT molecular complexity index is 674. The van der Waals surface area contributed by atoms with Crippen LogP contribution in [0.3, 0.4) is 0 Å². The summed E-state index contributed by atoms with van der Waals surface area (Å²) in [6.07, 6.45) is -0.125. The molecular formula is C19H34N4O8S. The van der Waals surface area contributed by atoms with Gasteiger partial charge in [-0.15, -0.1) is 0 Å². The van der Waals surface area contributed by atoms with E-state index in [1.54, 1.807) is 20.1 Å². The van der Waals surface area contributed by atoms with Crippen molar-refractivity contribution in [1.29, 1.82) is 0 Å². The van der Waals surface area contributed by atoms with Gasteiger partial charge in [0.1, 0.15) is 12.1 Å². The maximum atomic E-state index is 12.8. The van der Waals surface area contributed by atoms with E-state index in [-0.39, 0.29) is 18.8 Å². The maximum absolute atomic E-state index is 12.8. The lowest BCUT2D eigenvalue weighted by Crippen LogP contribution is -2.58. The Morgan fingerprint density at radius 2 is 1.38 bits per heavy atom. The van der Waals surface area contributed by atoms with Gasteiger partial charge >= 0.3 is 11.9 Å². The smallest absolute Gasteiger partial charge is 0.328 e. The van der Waals surface area contributed by atoms with Gasteiger partial charge < -0.3 is 37.0 Å². The van der Waals surface area contributed by atoms with Gasteiger partial charge in [-0.25, -0.2) is 4.79 Å². The van der Waals surface area contributed by atoms with E-state index in [2.05, 4.69) is 16.0 Å². The van der Waals surface area contributed by atoms with Gasteiger partial charge in [0.15, 0.2) is 6.04 Å². The summed E-state index contributed by atoms with van der Waals surface area (Å²) >= 11 is 1.39. The van der Waals surface area contributed by atoms with E-state index in [9.17, 15) is 29.1 Å². The molecular weight excluding hydrogens is 444 g/mol. The van der Waals surface area contributed by atoms with E-state index >= 15 is 0 Å². The lowest BCUT2D eigenvalue weighted by Gasteiger charge is -2.26. The normalized spacial score (nSPS) is 15.7. The van der Waals surface area contributed by atoms with Gasteiger partial charge in [0.2, 0.25) is 17.7 Å². The summed E-state index contributed by atoms with van der Waals surface area (Å²) < 4.78 is 0. The highest BCUT2D eigenvalue weighted by molar-refractivity contribution is 7.98. The van der Waals surface area contributed by atoms with Crippen molar-refractivity contribution in [3.05, 3.63) is 0 Å². The number of hydrogen-bond acceptors (Lipinski definition) is 8. The Kier molecular flexibility index (Phi) is 13.5. The standard InChI is InChI=1S/C19H34N4O8S/c1-9(2)14(20)18(29)22-11(5-6-13(25)26)16(27)21-12(7-8-32-4)17(28)23-15(10(3)24)19(30)31/h9-12,14-15,24H,5-8,20H2,1-4H3,(H,21,27)(H,22,29)(H,23,28)(H,25,26)(H,30,31). The van der Waals surface area contributed by atoms with E-state index in [1.807, 2.05) is 0 Å². The van der Waals surface area contributed by atoms with Gasteiger partial charge in [-0.05, 0) is 37.7 Å². The number of nitrogens with one attached hydrogen (secondary N) is 3. The molecule has 8 N–H and O–H groups in total. The molecule has 5 atom stereocenters. The molecule has 0 aromatic carbocycles. The van der Waals surface area contributed by atoms with Crippen molar-refractivity contribution in [2.75, 3.05) is 12.0 Å². The van der Waals surface area contributed by atoms with Crippen LogP contribution in [-0.2, 0) is 24.0 Å². The van der Waals surface area contributed by atoms with Gasteiger partial charge in [0, 0.05) is 6.42 Å². The summed E-state index contributed by atoms with van der Waals surface area (Å²) in [4.78, 5) is 59.9. The third-order valence-corrected chi connectivity index (χ3v) is 5.23. The van der Waals surface area contributed by atoms with Gasteiger partial charge in [0.25, 0.3) is 0 Å². The highest BCUT2D eigenvalue weighted by Crippen LogP contribution is 2.07. The van der Waals surface area contributed by atoms with E-state index < -0.39 is 66.4 Å². The Morgan fingerprint density at radius 1 is 0.875 bits per heavy atom. The van der Waals surface area contributed by atoms with Crippen molar-refractivity contribution >= 4 is 41.4 Å². The average Bonchev–Trinajstić information content (AvgIpc) is 2.70. The van der Waals surface area contributed by atoms with Crippen LogP contribution in [0, 0.1) is 5.92 Å². The van der Waals surface area contributed by atoms with E-state index in [1.165, 1.54) is 18.7 Å². The summed E-state index contributed by atoms with van der Waals surface area (Å²) in [5.74, 6) is -4.69. The third-order valence-electron chi connectivity index (χ3n) is 4.59. The van der Waals surface area contributed by atoms with E-state index in [0.717, 1.165) is 0 Å². The molecule has 0 aromatic heterocycles. The molecule has 12 nitrogen and oxygen atoms in total. The van der Waals surface area contributed by atoms with Crippen LogP contribution < -0.4 is 21.7 Å². The van der Waals surface area contributed by atoms with Crippen LogP contribution in [0.2, 0.25) is 0 Å². The largest absolute Gasteiger partial charge is 0.481 e. The third kappa shape index (κ3) is 10.8. The number of carbonyl (C=O) groups excluding carboxylic acids is 3. The Hall–Kier alpha value is -2.38. The molecule has 0 aromatic rings. The summed E-state index contributed by atoms with van der Waals surface area (Å²) in [7, 11) is 0. The Labute approximate surface area is 191 Å². The molecule has 0 aliphatic rings. The number of hydrogen-bond donors (Lipinski definition) is 7. The molecule has 0 fully saturated rings. The zero-order valence-electron chi connectivity index (χ0n) is 18.7. The summed E-state index contributed by atoms with van der Waals surface area (Å²) in [5.41, 5.74) is 5.78.